The normalized spacial score (nSPS) is 11.0. The molecule has 10 heteroatoms. The largest absolute Gasteiger partial charge is 0.493 e. The topological polar surface area (TPSA) is 109 Å². The number of para-hydroxylation sites is 1. The van der Waals surface area contributed by atoms with Crippen LogP contribution in [0, 0.1) is 6.92 Å². The molecule has 0 saturated heterocycles. The summed E-state index contributed by atoms with van der Waals surface area (Å²) in [6.07, 6.45) is 1.59. The monoisotopic (exact) mass is 648 g/mol. The van der Waals surface area contributed by atoms with Gasteiger partial charge in [-0.05, 0) is 56.3 Å². The molecule has 0 aliphatic carbocycles. The van der Waals surface area contributed by atoms with Crippen LogP contribution < -0.4 is 20.7 Å². The van der Waals surface area contributed by atoms with Crippen molar-refractivity contribution in [3.8, 4) is 17.0 Å². The number of anilines is 2. The van der Waals surface area contributed by atoms with Gasteiger partial charge in [0.2, 0.25) is 5.91 Å². The molecule has 0 atom stereocenters. The van der Waals surface area contributed by atoms with Crippen LogP contribution in [0.5, 0.6) is 5.75 Å². The molecule has 0 unspecified atom stereocenters. The van der Waals surface area contributed by atoms with Crippen LogP contribution in [0.1, 0.15) is 27.7 Å². The third-order valence-corrected chi connectivity index (χ3v) is 8.48. The molecule has 1 heterocycles. The molecule has 8 nitrogen and oxygen atoms in total. The number of carbonyl (C=O) groups is 3. The van der Waals surface area contributed by atoms with E-state index in [0.29, 0.717) is 34.3 Å². The van der Waals surface area contributed by atoms with E-state index in [9.17, 15) is 14.4 Å². The second kappa shape index (κ2) is 15.7. The Morgan fingerprint density at radius 1 is 0.870 bits per heavy atom. The molecular formula is C36H32N4O4S2. The number of aryl methyl sites for hydroxylation is 1. The van der Waals surface area contributed by atoms with E-state index in [4.69, 9.17) is 4.74 Å². The van der Waals surface area contributed by atoms with Crippen LogP contribution in [0.25, 0.3) is 17.3 Å². The van der Waals surface area contributed by atoms with Crippen LogP contribution in [0.4, 0.5) is 10.8 Å². The Kier molecular flexibility index (Phi) is 11.0. The van der Waals surface area contributed by atoms with E-state index in [1.54, 1.807) is 54.6 Å². The average Bonchev–Trinajstić information content (AvgIpc) is 3.44. The standard InChI is InChI=1S/C36H32N4O4S2/c1-3-44-31-20-11-10-17-27(31)21-30(38-34(42)26-15-8-5-9-16-26)35(43)37-28-18-12-19-29(22-28)45-23-32(41)39-36-40-33(24(2)46-36)25-13-6-4-7-14-25/h4-22H,3,23H2,1-2H3,(H,37,43)(H,38,42)(H,39,40,41)/b30-21+. The molecule has 5 aromatic rings. The second-order valence-electron chi connectivity index (χ2n) is 9.96. The van der Waals surface area contributed by atoms with E-state index in [1.165, 1.54) is 23.1 Å². The summed E-state index contributed by atoms with van der Waals surface area (Å²) in [6.45, 7) is 4.31. The first-order valence-electron chi connectivity index (χ1n) is 14.6. The molecule has 0 aliphatic heterocycles. The summed E-state index contributed by atoms with van der Waals surface area (Å²) in [5, 5.41) is 9.07. The Labute approximate surface area is 275 Å². The maximum absolute atomic E-state index is 13.6. The van der Waals surface area contributed by atoms with E-state index in [-0.39, 0.29) is 17.4 Å². The lowest BCUT2D eigenvalue weighted by Gasteiger charge is -2.13. The number of nitrogens with one attached hydrogen (secondary N) is 3. The molecule has 3 amide bonds. The van der Waals surface area contributed by atoms with Crippen molar-refractivity contribution in [2.45, 2.75) is 18.7 Å². The molecule has 4 aromatic carbocycles. The molecular weight excluding hydrogens is 617 g/mol. The summed E-state index contributed by atoms with van der Waals surface area (Å²) >= 11 is 2.77. The number of ether oxygens (including phenoxy) is 1. The highest BCUT2D eigenvalue weighted by atomic mass is 32.2. The van der Waals surface area contributed by atoms with E-state index < -0.39 is 11.8 Å². The molecule has 3 N–H and O–H groups in total. The van der Waals surface area contributed by atoms with Gasteiger partial charge in [0, 0.05) is 32.2 Å². The number of benzene rings is 4. The molecule has 0 saturated carbocycles. The summed E-state index contributed by atoms with van der Waals surface area (Å²) in [4.78, 5) is 45.8. The number of carbonyl (C=O) groups excluding carboxylic acids is 3. The fourth-order valence-electron chi connectivity index (χ4n) is 4.46. The van der Waals surface area contributed by atoms with Crippen molar-refractivity contribution < 1.29 is 19.1 Å². The number of hydrogen-bond donors (Lipinski definition) is 3. The fourth-order valence-corrected chi connectivity index (χ4v) is 6.07. The maximum atomic E-state index is 13.6. The Hall–Kier alpha value is -5.19. The molecule has 1 aromatic heterocycles. The van der Waals surface area contributed by atoms with Gasteiger partial charge in [-0.25, -0.2) is 4.98 Å². The molecule has 0 bridgehead atoms. The first-order valence-corrected chi connectivity index (χ1v) is 16.4. The number of thioether (sulfide) groups is 1. The minimum atomic E-state index is -0.510. The number of thiazole rings is 1. The summed E-state index contributed by atoms with van der Waals surface area (Å²) < 4.78 is 5.72. The minimum Gasteiger partial charge on any atom is -0.493 e. The van der Waals surface area contributed by atoms with Crippen molar-refractivity contribution in [1.82, 2.24) is 10.3 Å². The predicted molar refractivity (Wildman–Crippen MR) is 186 cm³/mol. The van der Waals surface area contributed by atoms with Gasteiger partial charge in [0.15, 0.2) is 5.13 Å². The van der Waals surface area contributed by atoms with Crippen LogP contribution in [0.2, 0.25) is 0 Å². The lowest BCUT2D eigenvalue weighted by Crippen LogP contribution is -2.30. The highest BCUT2D eigenvalue weighted by Gasteiger charge is 2.17. The molecule has 46 heavy (non-hydrogen) atoms. The summed E-state index contributed by atoms with van der Waals surface area (Å²) in [6, 6.07) is 33.0. The number of amides is 3. The predicted octanol–water partition coefficient (Wildman–Crippen LogP) is 7.66. The van der Waals surface area contributed by atoms with Crippen molar-refractivity contribution in [3.05, 3.63) is 131 Å². The van der Waals surface area contributed by atoms with Gasteiger partial charge in [0.25, 0.3) is 11.8 Å². The summed E-state index contributed by atoms with van der Waals surface area (Å²) in [5.74, 6) is -0.371. The molecule has 5 rings (SSSR count). The maximum Gasteiger partial charge on any atom is 0.272 e. The van der Waals surface area contributed by atoms with Crippen molar-refractivity contribution in [1.29, 1.82) is 0 Å². The molecule has 0 fully saturated rings. The SMILES string of the molecule is CCOc1ccccc1/C=C(/NC(=O)c1ccccc1)C(=O)Nc1cccc(SCC(=O)Nc2nc(-c3ccccc3)c(C)s2)c1. The van der Waals surface area contributed by atoms with Crippen LogP contribution in [0.3, 0.4) is 0 Å². The number of aromatic nitrogens is 1. The third-order valence-electron chi connectivity index (χ3n) is 6.60. The Bertz CT molecular complexity index is 1860. The fraction of sp³-hybridized carbons (Fsp3) is 0.111. The Morgan fingerprint density at radius 3 is 2.35 bits per heavy atom. The van der Waals surface area contributed by atoms with Crippen LogP contribution >= 0.6 is 23.1 Å². The van der Waals surface area contributed by atoms with E-state index >= 15 is 0 Å². The van der Waals surface area contributed by atoms with Gasteiger partial charge in [-0.1, -0.05) is 72.8 Å². The van der Waals surface area contributed by atoms with Crippen molar-refractivity contribution in [3.63, 3.8) is 0 Å². The van der Waals surface area contributed by atoms with Gasteiger partial charge in [-0.2, -0.15) is 0 Å². The smallest absolute Gasteiger partial charge is 0.272 e. The summed E-state index contributed by atoms with van der Waals surface area (Å²) in [5.41, 5.74) is 3.47. The average molecular weight is 649 g/mol. The van der Waals surface area contributed by atoms with Crippen LogP contribution in [-0.4, -0.2) is 35.1 Å². The first-order chi connectivity index (χ1) is 22.4. The highest BCUT2D eigenvalue weighted by molar-refractivity contribution is 8.00. The van der Waals surface area contributed by atoms with Crippen molar-refractivity contribution in [2.75, 3.05) is 23.0 Å². The lowest BCUT2D eigenvalue weighted by atomic mass is 10.1. The van der Waals surface area contributed by atoms with Crippen LogP contribution in [-0.2, 0) is 9.59 Å². The van der Waals surface area contributed by atoms with E-state index in [2.05, 4.69) is 20.9 Å². The van der Waals surface area contributed by atoms with Crippen molar-refractivity contribution in [2.24, 2.45) is 0 Å². The summed E-state index contributed by atoms with van der Waals surface area (Å²) in [7, 11) is 0. The lowest BCUT2D eigenvalue weighted by molar-refractivity contribution is -0.114. The minimum absolute atomic E-state index is 0.0482. The first kappa shape index (κ1) is 32.2. The molecule has 0 aliphatic rings. The third kappa shape index (κ3) is 8.71. The van der Waals surface area contributed by atoms with E-state index in [1.807, 2.05) is 74.5 Å². The second-order valence-corrected chi connectivity index (χ2v) is 12.2. The van der Waals surface area contributed by atoms with Crippen LogP contribution in [0.15, 0.2) is 120 Å². The number of nitrogens with zero attached hydrogens (tertiary/aromatic N) is 1. The quantitative estimate of drug-likeness (QED) is 0.0947. The highest BCUT2D eigenvalue weighted by Crippen LogP contribution is 2.31. The molecule has 0 radical (unpaired) electrons. The van der Waals surface area contributed by atoms with Gasteiger partial charge in [0.1, 0.15) is 11.4 Å². The van der Waals surface area contributed by atoms with Gasteiger partial charge in [0.05, 0.1) is 18.1 Å². The molecule has 232 valence electrons. The van der Waals surface area contributed by atoms with Gasteiger partial charge in [-0.15, -0.1) is 23.1 Å². The Morgan fingerprint density at radius 2 is 1.59 bits per heavy atom. The van der Waals surface area contributed by atoms with Crippen molar-refractivity contribution >= 4 is 57.7 Å². The zero-order valence-electron chi connectivity index (χ0n) is 25.3. The Balaban J connectivity index is 1.26. The van der Waals surface area contributed by atoms with Gasteiger partial charge >= 0.3 is 0 Å². The zero-order valence-corrected chi connectivity index (χ0v) is 26.9. The van der Waals surface area contributed by atoms with Gasteiger partial charge < -0.3 is 20.7 Å². The van der Waals surface area contributed by atoms with E-state index in [0.717, 1.165) is 21.0 Å². The number of hydrogen-bond acceptors (Lipinski definition) is 7. The number of rotatable bonds is 12. The zero-order chi connectivity index (χ0) is 32.3. The van der Waals surface area contributed by atoms with Gasteiger partial charge in [-0.3, -0.25) is 14.4 Å². The molecule has 0 spiro atoms.